The molecule has 0 aromatic carbocycles. The van der Waals surface area contributed by atoms with E-state index >= 15 is 0 Å². The maximum atomic E-state index is 12.0. The van der Waals surface area contributed by atoms with Crippen molar-refractivity contribution in [1.82, 2.24) is 5.32 Å². The molecule has 0 aliphatic carbocycles. The molecule has 1 amide bonds. The number of rotatable bonds is 17. The third-order valence-corrected chi connectivity index (χ3v) is 5.31. The molecule has 30 heavy (non-hydrogen) atoms. The van der Waals surface area contributed by atoms with Crippen LogP contribution in [0.3, 0.4) is 0 Å². The van der Waals surface area contributed by atoms with Gasteiger partial charge < -0.3 is 29.9 Å². The molecule has 0 aliphatic heterocycles. The molecule has 0 rings (SSSR count). The van der Waals surface area contributed by atoms with Crippen molar-refractivity contribution in [3.63, 3.8) is 0 Å². The molecule has 0 heterocycles. The van der Waals surface area contributed by atoms with E-state index in [1.165, 1.54) is 0 Å². The largest absolute Gasteiger partial charge is 1.00 e. The number of aliphatic hydroxyl groups is 1. The molecule has 0 aromatic heterocycles. The van der Waals surface area contributed by atoms with Crippen molar-refractivity contribution in [2.24, 2.45) is 11.8 Å². The Kier molecular flexibility index (Phi) is 17.9. The molecule has 0 fully saturated rings. The van der Waals surface area contributed by atoms with Gasteiger partial charge >= 0.3 is 24.8 Å². The van der Waals surface area contributed by atoms with E-state index in [2.05, 4.69) is 5.32 Å². The number of nitrogens with zero attached hydrogens (tertiary/aromatic N) is 1. The average molecular weight is 421 g/mol. The van der Waals surface area contributed by atoms with Gasteiger partial charge in [0.15, 0.2) is 0 Å². The normalized spacial score (nSPS) is 15.1. The van der Waals surface area contributed by atoms with Gasteiger partial charge in [0.05, 0.1) is 38.8 Å². The minimum atomic E-state index is -1.18. The van der Waals surface area contributed by atoms with Crippen molar-refractivity contribution >= 4 is 17.8 Å². The Morgan fingerprint density at radius 1 is 1.03 bits per heavy atom. The fourth-order valence-electron chi connectivity index (χ4n) is 3.47. The molecule has 0 radical (unpaired) electrons. The summed E-state index contributed by atoms with van der Waals surface area (Å²) in [5, 5.41) is 33.4. The van der Waals surface area contributed by atoms with Gasteiger partial charge in [-0.05, 0) is 25.7 Å². The van der Waals surface area contributed by atoms with Crippen LogP contribution in [0.15, 0.2) is 12.2 Å². The zero-order valence-electron chi connectivity index (χ0n) is 19.1. The van der Waals surface area contributed by atoms with Gasteiger partial charge in [-0.3, -0.25) is 9.59 Å². The number of carboxylic acids is 2. The molecular formula is C21H38LiN2O6+. The molecule has 3 atom stereocenters. The van der Waals surface area contributed by atoms with E-state index in [0.29, 0.717) is 32.2 Å². The molecule has 168 valence electrons. The first-order valence-electron chi connectivity index (χ1n) is 10.6. The summed E-state index contributed by atoms with van der Waals surface area (Å²) >= 11 is 0. The minimum absolute atomic E-state index is 0. The third kappa shape index (κ3) is 12.4. The summed E-state index contributed by atoms with van der Waals surface area (Å²) in [6.07, 6.45) is 6.64. The van der Waals surface area contributed by atoms with Crippen molar-refractivity contribution in [3.05, 3.63) is 12.2 Å². The Balaban J connectivity index is 0. The van der Waals surface area contributed by atoms with Crippen molar-refractivity contribution < 1.29 is 53.0 Å². The molecule has 0 aliphatic rings. The molecule has 0 aromatic rings. The Morgan fingerprint density at radius 3 is 2.10 bits per heavy atom. The van der Waals surface area contributed by atoms with Gasteiger partial charge in [0.25, 0.3) is 0 Å². The van der Waals surface area contributed by atoms with Crippen LogP contribution in [0.1, 0.15) is 52.9 Å². The standard InChI is InChI=1S/C21H38N2O6.Li/c1-4-7-8-9-10-19(25)22-11-12-23(13-14-24,15-17(5-2)20(26)27)16-18(6-3)21(28)29;/h7-8,17-18,24H,4-6,9-16H2,1-3H3,(H2-,22,25,26,27,28,29);/q;+1/b8-7+;. The zero-order valence-corrected chi connectivity index (χ0v) is 19.1. The molecule has 0 saturated heterocycles. The topological polar surface area (TPSA) is 127 Å². The van der Waals surface area contributed by atoms with E-state index in [0.717, 1.165) is 6.42 Å². The van der Waals surface area contributed by atoms with Gasteiger partial charge in [0, 0.05) is 12.3 Å². The van der Waals surface area contributed by atoms with Crippen LogP contribution in [0.4, 0.5) is 0 Å². The molecule has 3 unspecified atom stereocenters. The monoisotopic (exact) mass is 421 g/mol. The summed E-state index contributed by atoms with van der Waals surface area (Å²) in [5.74, 6) is -3.63. The van der Waals surface area contributed by atoms with E-state index < -0.39 is 23.8 Å². The third-order valence-electron chi connectivity index (χ3n) is 5.31. The van der Waals surface area contributed by atoms with Gasteiger partial charge in [0.2, 0.25) is 5.91 Å². The van der Waals surface area contributed by atoms with Crippen molar-refractivity contribution in [1.29, 1.82) is 0 Å². The molecule has 3 N–H and O–H groups in total. The summed E-state index contributed by atoms with van der Waals surface area (Å²) in [5.41, 5.74) is 0. The van der Waals surface area contributed by atoms with Crippen molar-refractivity contribution in [3.8, 4) is 0 Å². The first-order valence-corrected chi connectivity index (χ1v) is 10.6. The minimum Gasteiger partial charge on any atom is -0.550 e. The number of aliphatic carboxylic acids is 2. The number of amides is 1. The van der Waals surface area contributed by atoms with Crippen LogP contribution in [-0.4, -0.2) is 71.9 Å². The Morgan fingerprint density at radius 2 is 1.63 bits per heavy atom. The van der Waals surface area contributed by atoms with Crippen LogP contribution >= 0.6 is 0 Å². The summed E-state index contributed by atoms with van der Waals surface area (Å²) in [6.45, 7) is 6.57. The second kappa shape index (κ2) is 17.4. The van der Waals surface area contributed by atoms with Crippen LogP contribution in [-0.2, 0) is 14.4 Å². The van der Waals surface area contributed by atoms with Gasteiger partial charge in [0.1, 0.15) is 12.5 Å². The Bertz CT molecular complexity index is 518. The summed E-state index contributed by atoms with van der Waals surface area (Å²) in [7, 11) is 0. The predicted octanol–water partition coefficient (Wildman–Crippen LogP) is -2.45. The number of carbonyl (C=O) groups excluding carboxylic acids is 2. The Hall–Kier alpha value is -1.33. The number of aliphatic hydroxyl groups excluding tert-OH is 1. The fourth-order valence-corrected chi connectivity index (χ4v) is 3.47. The second-order valence-electron chi connectivity index (χ2n) is 7.51. The number of hydrogen-bond donors (Lipinski definition) is 3. The van der Waals surface area contributed by atoms with Crippen molar-refractivity contribution in [2.75, 3.05) is 39.3 Å². The van der Waals surface area contributed by atoms with Crippen LogP contribution in [0.2, 0.25) is 0 Å². The zero-order chi connectivity index (χ0) is 22.3. The molecule has 0 bridgehead atoms. The molecule has 9 heteroatoms. The quantitative estimate of drug-likeness (QED) is 0.136. The van der Waals surface area contributed by atoms with Gasteiger partial charge in [-0.25, -0.2) is 0 Å². The summed E-state index contributed by atoms with van der Waals surface area (Å²) in [4.78, 5) is 35.1. The number of carbonyl (C=O) groups is 3. The predicted molar refractivity (Wildman–Crippen MR) is 109 cm³/mol. The van der Waals surface area contributed by atoms with E-state index in [1.54, 1.807) is 13.8 Å². The van der Waals surface area contributed by atoms with Crippen LogP contribution < -0.4 is 29.3 Å². The van der Waals surface area contributed by atoms with E-state index in [9.17, 15) is 29.7 Å². The average Bonchev–Trinajstić information content (AvgIpc) is 2.67. The van der Waals surface area contributed by atoms with Gasteiger partial charge in [-0.1, -0.05) is 32.9 Å². The summed E-state index contributed by atoms with van der Waals surface area (Å²) < 4.78 is 0.115. The number of nitrogens with one attached hydrogen (secondary N) is 1. The van der Waals surface area contributed by atoms with Crippen LogP contribution in [0.25, 0.3) is 0 Å². The van der Waals surface area contributed by atoms with E-state index in [1.807, 2.05) is 19.1 Å². The molecule has 0 saturated carbocycles. The van der Waals surface area contributed by atoms with E-state index in [-0.39, 0.29) is 62.0 Å². The number of quaternary nitrogens is 1. The molecule has 8 nitrogen and oxygen atoms in total. The first kappa shape index (κ1) is 30.9. The number of allylic oxidation sites excluding steroid dienone is 2. The molecule has 0 spiro atoms. The van der Waals surface area contributed by atoms with Crippen LogP contribution in [0, 0.1) is 11.8 Å². The Labute approximate surface area is 192 Å². The maximum absolute atomic E-state index is 12.0. The van der Waals surface area contributed by atoms with Crippen LogP contribution in [0.5, 0.6) is 0 Å². The smallest absolute Gasteiger partial charge is 0.550 e. The van der Waals surface area contributed by atoms with Gasteiger partial charge in [-0.2, -0.15) is 0 Å². The maximum Gasteiger partial charge on any atom is 1.00 e. The second-order valence-corrected chi connectivity index (χ2v) is 7.51. The summed E-state index contributed by atoms with van der Waals surface area (Å²) in [6, 6.07) is 0. The first-order chi connectivity index (χ1) is 13.7. The fraction of sp³-hybridized carbons (Fsp3) is 0.762. The van der Waals surface area contributed by atoms with Gasteiger partial charge in [-0.15, -0.1) is 0 Å². The van der Waals surface area contributed by atoms with Crippen molar-refractivity contribution in [2.45, 2.75) is 52.9 Å². The number of hydrogen-bond acceptors (Lipinski definition) is 5. The van der Waals surface area contributed by atoms with E-state index in [4.69, 9.17) is 0 Å². The molecular weight excluding hydrogens is 383 g/mol. The SMILES string of the molecule is CC/C=C/CCC(=O)NCC[N+](CCO)(CC(CC)C(=O)[O-])CC(CC)C(=O)O.[Li+]. The number of carboxylic acid groups (broad SMARTS) is 2.